The normalized spacial score (nSPS) is 10.9. The maximum Gasteiger partial charge on any atom is 0.0907 e. The van der Waals surface area contributed by atoms with E-state index in [1.54, 1.807) is 11.3 Å². The van der Waals surface area contributed by atoms with E-state index >= 15 is 0 Å². The van der Waals surface area contributed by atoms with Gasteiger partial charge in [-0.2, -0.15) is 0 Å². The molecule has 3 aromatic rings. The third-order valence-electron chi connectivity index (χ3n) is 2.85. The fourth-order valence-electron chi connectivity index (χ4n) is 1.97. The van der Waals surface area contributed by atoms with Crippen LogP contribution in [-0.4, -0.2) is 9.97 Å². The maximum atomic E-state index is 4.47. The molecule has 0 fully saturated rings. The van der Waals surface area contributed by atoms with Gasteiger partial charge in [-0.25, -0.2) is 4.98 Å². The molecule has 0 amide bonds. The molecular formula is C14H12N2S. The van der Waals surface area contributed by atoms with Crippen molar-refractivity contribution < 1.29 is 0 Å². The second-order valence-electron chi connectivity index (χ2n) is 4.11. The zero-order chi connectivity index (χ0) is 11.8. The molecule has 3 heteroatoms. The zero-order valence-electron chi connectivity index (χ0n) is 9.77. The summed E-state index contributed by atoms with van der Waals surface area (Å²) in [4.78, 5) is 8.67. The van der Waals surface area contributed by atoms with Crippen molar-refractivity contribution in [3.05, 3.63) is 47.2 Å². The van der Waals surface area contributed by atoms with E-state index in [9.17, 15) is 0 Å². The third-order valence-corrected chi connectivity index (χ3v) is 3.78. The molecule has 0 atom stereocenters. The standard InChI is InChI=1S/C14H12N2S/c1-9-5-6-15-8-12(9)11-3-4-13-14(7-11)17-10(2)16-13/h3-8H,1-2H3. The minimum Gasteiger partial charge on any atom is -0.264 e. The van der Waals surface area contributed by atoms with Crippen LogP contribution in [0.2, 0.25) is 0 Å². The Kier molecular flexibility index (Phi) is 2.41. The maximum absolute atomic E-state index is 4.47. The zero-order valence-corrected chi connectivity index (χ0v) is 10.6. The van der Waals surface area contributed by atoms with E-state index < -0.39 is 0 Å². The molecule has 0 aliphatic carbocycles. The summed E-state index contributed by atoms with van der Waals surface area (Å²) in [5.41, 5.74) is 4.74. The van der Waals surface area contributed by atoms with E-state index in [0.29, 0.717) is 0 Å². The Morgan fingerprint density at radius 2 is 2.00 bits per heavy atom. The van der Waals surface area contributed by atoms with E-state index in [1.807, 2.05) is 25.4 Å². The highest BCUT2D eigenvalue weighted by atomic mass is 32.1. The van der Waals surface area contributed by atoms with Gasteiger partial charge in [0.05, 0.1) is 15.2 Å². The van der Waals surface area contributed by atoms with Crippen molar-refractivity contribution >= 4 is 21.6 Å². The first-order valence-corrected chi connectivity index (χ1v) is 6.34. The smallest absolute Gasteiger partial charge is 0.0907 e. The van der Waals surface area contributed by atoms with Gasteiger partial charge in [-0.15, -0.1) is 11.3 Å². The van der Waals surface area contributed by atoms with E-state index in [4.69, 9.17) is 0 Å². The lowest BCUT2D eigenvalue weighted by molar-refractivity contribution is 1.29. The number of rotatable bonds is 1. The SMILES string of the molecule is Cc1nc2ccc(-c3cnccc3C)cc2s1. The minimum absolute atomic E-state index is 1.08. The van der Waals surface area contributed by atoms with Crippen molar-refractivity contribution in [2.24, 2.45) is 0 Å². The van der Waals surface area contributed by atoms with Crippen LogP contribution >= 0.6 is 11.3 Å². The molecule has 0 N–H and O–H groups in total. The molecule has 1 aromatic carbocycles. The number of hydrogen-bond donors (Lipinski definition) is 0. The predicted octanol–water partition coefficient (Wildman–Crippen LogP) is 3.98. The van der Waals surface area contributed by atoms with Gasteiger partial charge in [0.1, 0.15) is 0 Å². The molecule has 2 nitrogen and oxygen atoms in total. The average Bonchev–Trinajstić information content (AvgIpc) is 2.68. The van der Waals surface area contributed by atoms with Crippen molar-refractivity contribution in [2.75, 3.05) is 0 Å². The number of hydrogen-bond acceptors (Lipinski definition) is 3. The van der Waals surface area contributed by atoms with Gasteiger partial charge >= 0.3 is 0 Å². The number of aryl methyl sites for hydroxylation is 2. The van der Waals surface area contributed by atoms with Gasteiger partial charge in [0.2, 0.25) is 0 Å². The van der Waals surface area contributed by atoms with Gasteiger partial charge in [-0.1, -0.05) is 6.07 Å². The lowest BCUT2D eigenvalue weighted by Gasteiger charge is -2.04. The molecule has 0 aliphatic rings. The first-order chi connectivity index (χ1) is 8.24. The van der Waals surface area contributed by atoms with Crippen LogP contribution in [0.1, 0.15) is 10.6 Å². The number of pyridine rings is 1. The second kappa shape index (κ2) is 3.93. The lowest BCUT2D eigenvalue weighted by Crippen LogP contribution is -1.84. The van der Waals surface area contributed by atoms with Crippen LogP contribution in [0.5, 0.6) is 0 Å². The van der Waals surface area contributed by atoms with E-state index in [0.717, 1.165) is 10.5 Å². The summed E-state index contributed by atoms with van der Waals surface area (Å²) in [5.74, 6) is 0. The van der Waals surface area contributed by atoms with Crippen LogP contribution in [0.3, 0.4) is 0 Å². The summed E-state index contributed by atoms with van der Waals surface area (Å²) in [6, 6.07) is 8.44. The van der Waals surface area contributed by atoms with Crippen LogP contribution in [0.25, 0.3) is 21.3 Å². The number of aromatic nitrogens is 2. The van der Waals surface area contributed by atoms with Crippen LogP contribution in [0, 0.1) is 13.8 Å². The summed E-state index contributed by atoms with van der Waals surface area (Å²) in [7, 11) is 0. The Bertz CT molecular complexity index is 686. The van der Waals surface area contributed by atoms with E-state index in [1.165, 1.54) is 21.4 Å². The van der Waals surface area contributed by atoms with E-state index in [-0.39, 0.29) is 0 Å². The molecule has 0 saturated heterocycles. The monoisotopic (exact) mass is 240 g/mol. The Labute approximate surface area is 104 Å². The van der Waals surface area contributed by atoms with Crippen LogP contribution in [0.4, 0.5) is 0 Å². The van der Waals surface area contributed by atoms with Crippen molar-refractivity contribution in [1.82, 2.24) is 9.97 Å². The number of benzene rings is 1. The van der Waals surface area contributed by atoms with Gasteiger partial charge in [0.25, 0.3) is 0 Å². The Morgan fingerprint density at radius 1 is 1.12 bits per heavy atom. The molecule has 0 saturated carbocycles. The van der Waals surface area contributed by atoms with Crippen LogP contribution < -0.4 is 0 Å². The van der Waals surface area contributed by atoms with Crippen molar-refractivity contribution in [1.29, 1.82) is 0 Å². The number of fused-ring (bicyclic) bond motifs is 1. The minimum atomic E-state index is 1.08. The summed E-state index contributed by atoms with van der Waals surface area (Å²) >= 11 is 1.74. The van der Waals surface area contributed by atoms with Gasteiger partial charge < -0.3 is 0 Å². The molecule has 0 radical (unpaired) electrons. The average molecular weight is 240 g/mol. The molecule has 3 rings (SSSR count). The topological polar surface area (TPSA) is 25.8 Å². The fourth-order valence-corrected chi connectivity index (χ4v) is 2.84. The van der Waals surface area contributed by atoms with Gasteiger partial charge in [0, 0.05) is 18.0 Å². The highest BCUT2D eigenvalue weighted by molar-refractivity contribution is 7.18. The quantitative estimate of drug-likeness (QED) is 0.643. The number of thiazole rings is 1. The molecule has 0 unspecified atom stereocenters. The third kappa shape index (κ3) is 1.83. The summed E-state index contributed by atoms with van der Waals surface area (Å²) < 4.78 is 1.24. The van der Waals surface area contributed by atoms with Crippen molar-refractivity contribution in [3.63, 3.8) is 0 Å². The summed E-state index contributed by atoms with van der Waals surface area (Å²) in [5, 5.41) is 1.11. The van der Waals surface area contributed by atoms with Gasteiger partial charge in [0.15, 0.2) is 0 Å². The van der Waals surface area contributed by atoms with Gasteiger partial charge in [-0.05, 0) is 43.2 Å². The number of nitrogens with zero attached hydrogens (tertiary/aromatic N) is 2. The van der Waals surface area contributed by atoms with Crippen LogP contribution in [-0.2, 0) is 0 Å². The molecular weight excluding hydrogens is 228 g/mol. The summed E-state index contributed by atoms with van der Waals surface area (Å²) in [6.45, 7) is 4.15. The first kappa shape index (κ1) is 10.4. The molecule has 0 bridgehead atoms. The second-order valence-corrected chi connectivity index (χ2v) is 5.34. The Hall–Kier alpha value is -1.74. The van der Waals surface area contributed by atoms with Gasteiger partial charge in [-0.3, -0.25) is 4.98 Å². The van der Waals surface area contributed by atoms with Crippen molar-refractivity contribution in [2.45, 2.75) is 13.8 Å². The van der Waals surface area contributed by atoms with Crippen LogP contribution in [0.15, 0.2) is 36.7 Å². The molecule has 2 heterocycles. The molecule has 84 valence electrons. The first-order valence-electron chi connectivity index (χ1n) is 5.52. The fraction of sp³-hybridized carbons (Fsp3) is 0.143. The Balaban J connectivity index is 2.21. The highest BCUT2D eigenvalue weighted by Crippen LogP contribution is 2.29. The van der Waals surface area contributed by atoms with Crippen molar-refractivity contribution in [3.8, 4) is 11.1 Å². The molecule has 17 heavy (non-hydrogen) atoms. The lowest BCUT2D eigenvalue weighted by atomic mass is 10.0. The van der Waals surface area contributed by atoms with E-state index in [2.05, 4.69) is 35.1 Å². The highest BCUT2D eigenvalue weighted by Gasteiger charge is 2.05. The molecule has 0 spiro atoms. The molecule has 2 aromatic heterocycles. The largest absolute Gasteiger partial charge is 0.264 e. The Morgan fingerprint density at radius 3 is 2.82 bits per heavy atom. The summed E-state index contributed by atoms with van der Waals surface area (Å²) in [6.07, 6.45) is 3.75. The predicted molar refractivity (Wildman–Crippen MR) is 72.3 cm³/mol. The molecule has 0 aliphatic heterocycles.